The van der Waals surface area contributed by atoms with Gasteiger partial charge in [-0.2, -0.15) is 10.1 Å². The molecule has 1 aliphatic rings. The van der Waals surface area contributed by atoms with Gasteiger partial charge in [-0.25, -0.2) is 9.67 Å². The maximum atomic E-state index is 12.2. The number of anilines is 2. The van der Waals surface area contributed by atoms with Gasteiger partial charge in [0.15, 0.2) is 0 Å². The molecule has 0 atom stereocenters. The lowest BCUT2D eigenvalue weighted by Gasteiger charge is -2.35. The fourth-order valence-electron chi connectivity index (χ4n) is 3.10. The van der Waals surface area contributed by atoms with Crippen molar-refractivity contribution >= 4 is 11.8 Å². The average Bonchev–Trinajstić information content (AvgIpc) is 2.76. The van der Waals surface area contributed by atoms with Crippen molar-refractivity contribution in [2.75, 3.05) is 43.1 Å². The molecule has 4 rings (SSSR count). The Labute approximate surface area is 162 Å². The molecule has 1 saturated heterocycles. The van der Waals surface area contributed by atoms with Gasteiger partial charge in [-0.1, -0.05) is 6.07 Å². The number of ether oxygens (including phenoxy) is 1. The number of hydrogen-bond acceptors (Lipinski definition) is 8. The number of aromatic nitrogens is 5. The van der Waals surface area contributed by atoms with Crippen LogP contribution in [-0.4, -0.2) is 58.0 Å². The normalized spacial score (nSPS) is 14.2. The Morgan fingerprint density at radius 1 is 0.964 bits per heavy atom. The molecule has 9 nitrogen and oxygen atoms in total. The van der Waals surface area contributed by atoms with Crippen LogP contribution in [0.25, 0.3) is 0 Å². The molecule has 0 aliphatic carbocycles. The number of piperazine rings is 1. The van der Waals surface area contributed by atoms with Crippen LogP contribution in [0.4, 0.5) is 11.8 Å². The minimum Gasteiger partial charge on any atom is -0.481 e. The summed E-state index contributed by atoms with van der Waals surface area (Å²) in [5.41, 5.74) is 0.659. The van der Waals surface area contributed by atoms with Crippen LogP contribution < -0.4 is 20.1 Å². The van der Waals surface area contributed by atoms with E-state index in [1.54, 1.807) is 37.7 Å². The first-order chi connectivity index (χ1) is 13.7. The van der Waals surface area contributed by atoms with Gasteiger partial charge in [0.1, 0.15) is 5.82 Å². The zero-order chi connectivity index (χ0) is 19.3. The number of hydrogen-bond donors (Lipinski definition) is 0. The molecule has 0 aromatic carbocycles. The summed E-state index contributed by atoms with van der Waals surface area (Å²) in [5, 5.41) is 4.54. The molecule has 3 aromatic heterocycles. The van der Waals surface area contributed by atoms with Crippen LogP contribution in [0, 0.1) is 0 Å². The average molecular weight is 379 g/mol. The van der Waals surface area contributed by atoms with E-state index in [0.29, 0.717) is 18.4 Å². The Morgan fingerprint density at radius 2 is 1.79 bits per heavy atom. The summed E-state index contributed by atoms with van der Waals surface area (Å²) in [5.74, 6) is 1.99. The van der Waals surface area contributed by atoms with Crippen molar-refractivity contribution in [3.8, 4) is 5.88 Å². The van der Waals surface area contributed by atoms with Crippen molar-refractivity contribution < 1.29 is 4.74 Å². The van der Waals surface area contributed by atoms with E-state index in [9.17, 15) is 4.79 Å². The predicted molar refractivity (Wildman–Crippen MR) is 105 cm³/mol. The molecule has 0 spiro atoms. The van der Waals surface area contributed by atoms with Gasteiger partial charge in [0, 0.05) is 50.7 Å². The maximum Gasteiger partial charge on any atom is 0.267 e. The second-order valence-electron chi connectivity index (χ2n) is 6.38. The fraction of sp³-hybridized carbons (Fsp3) is 0.316. The van der Waals surface area contributed by atoms with Gasteiger partial charge in [-0.05, 0) is 18.2 Å². The van der Waals surface area contributed by atoms with E-state index >= 15 is 0 Å². The van der Waals surface area contributed by atoms with E-state index in [0.717, 1.165) is 37.7 Å². The lowest BCUT2D eigenvalue weighted by atomic mass is 10.3. The summed E-state index contributed by atoms with van der Waals surface area (Å²) in [6, 6.07) is 10.7. The zero-order valence-corrected chi connectivity index (χ0v) is 15.6. The molecule has 4 heterocycles. The Morgan fingerprint density at radius 3 is 2.54 bits per heavy atom. The van der Waals surface area contributed by atoms with Gasteiger partial charge in [0.05, 0.1) is 19.3 Å². The van der Waals surface area contributed by atoms with Crippen LogP contribution in [0.3, 0.4) is 0 Å². The molecule has 0 radical (unpaired) electrons. The summed E-state index contributed by atoms with van der Waals surface area (Å²) < 4.78 is 6.63. The molecule has 0 amide bonds. The van der Waals surface area contributed by atoms with Gasteiger partial charge in [0.25, 0.3) is 5.56 Å². The SMILES string of the molecule is COc1ccnc(N2CCN(c3ccc(=O)n(Cc4ccccn4)n3)CC2)n1. The van der Waals surface area contributed by atoms with Crippen LogP contribution in [0.15, 0.2) is 53.6 Å². The minimum atomic E-state index is -0.141. The monoisotopic (exact) mass is 379 g/mol. The van der Waals surface area contributed by atoms with E-state index in [-0.39, 0.29) is 5.56 Å². The first-order valence-corrected chi connectivity index (χ1v) is 9.08. The quantitative estimate of drug-likeness (QED) is 0.644. The molecule has 0 bridgehead atoms. The van der Waals surface area contributed by atoms with Gasteiger partial charge in [-0.15, -0.1) is 0 Å². The third-order valence-corrected chi connectivity index (χ3v) is 4.60. The van der Waals surface area contributed by atoms with Gasteiger partial charge >= 0.3 is 0 Å². The highest BCUT2D eigenvalue weighted by Gasteiger charge is 2.21. The number of pyridine rings is 1. The number of nitrogens with zero attached hydrogens (tertiary/aromatic N) is 7. The van der Waals surface area contributed by atoms with Crippen LogP contribution in [0.1, 0.15) is 5.69 Å². The molecular formula is C19H21N7O2. The number of rotatable bonds is 5. The van der Waals surface area contributed by atoms with Crippen LogP contribution >= 0.6 is 0 Å². The first-order valence-electron chi connectivity index (χ1n) is 9.08. The van der Waals surface area contributed by atoms with Crippen LogP contribution in [0.2, 0.25) is 0 Å². The fourth-order valence-corrected chi connectivity index (χ4v) is 3.10. The lowest BCUT2D eigenvalue weighted by molar-refractivity contribution is 0.396. The molecular weight excluding hydrogens is 358 g/mol. The molecule has 1 aliphatic heterocycles. The van der Waals surface area contributed by atoms with Crippen molar-refractivity contribution in [2.45, 2.75) is 6.54 Å². The molecule has 3 aromatic rings. The summed E-state index contributed by atoms with van der Waals surface area (Å²) >= 11 is 0. The Bertz CT molecular complexity index is 985. The van der Waals surface area contributed by atoms with Crippen LogP contribution in [-0.2, 0) is 6.54 Å². The molecule has 0 saturated carbocycles. The van der Waals surface area contributed by atoms with Gasteiger partial charge in [-0.3, -0.25) is 9.78 Å². The second-order valence-corrected chi connectivity index (χ2v) is 6.38. The summed E-state index contributed by atoms with van der Waals surface area (Å²) in [6.07, 6.45) is 3.41. The highest BCUT2D eigenvalue weighted by Crippen LogP contribution is 2.17. The summed E-state index contributed by atoms with van der Waals surface area (Å²) in [7, 11) is 1.59. The molecule has 1 fully saturated rings. The van der Waals surface area contributed by atoms with Gasteiger partial charge < -0.3 is 14.5 Å². The van der Waals surface area contributed by atoms with E-state index in [4.69, 9.17) is 4.74 Å². The molecule has 0 N–H and O–H groups in total. The second kappa shape index (κ2) is 8.03. The Hall–Kier alpha value is -3.49. The molecule has 9 heteroatoms. The predicted octanol–water partition coefficient (Wildman–Crippen LogP) is 0.812. The Balaban J connectivity index is 1.46. The highest BCUT2D eigenvalue weighted by atomic mass is 16.5. The lowest BCUT2D eigenvalue weighted by Crippen LogP contribution is -2.47. The molecule has 0 unspecified atom stereocenters. The van der Waals surface area contributed by atoms with E-state index in [2.05, 4.69) is 29.9 Å². The van der Waals surface area contributed by atoms with E-state index in [1.165, 1.54) is 4.68 Å². The maximum absolute atomic E-state index is 12.2. The zero-order valence-electron chi connectivity index (χ0n) is 15.6. The summed E-state index contributed by atoms with van der Waals surface area (Å²) in [6.45, 7) is 3.39. The topological polar surface area (TPSA) is 89.3 Å². The van der Waals surface area contributed by atoms with Gasteiger partial charge in [0.2, 0.25) is 11.8 Å². The number of methoxy groups -OCH3 is 1. The van der Waals surface area contributed by atoms with Crippen molar-refractivity contribution in [1.82, 2.24) is 24.7 Å². The van der Waals surface area contributed by atoms with Crippen LogP contribution in [0.5, 0.6) is 5.88 Å². The first kappa shape index (κ1) is 17.9. The highest BCUT2D eigenvalue weighted by molar-refractivity contribution is 5.41. The third-order valence-electron chi connectivity index (χ3n) is 4.60. The van der Waals surface area contributed by atoms with Crippen molar-refractivity contribution in [3.05, 3.63) is 64.8 Å². The van der Waals surface area contributed by atoms with Crippen molar-refractivity contribution in [2.24, 2.45) is 0 Å². The van der Waals surface area contributed by atoms with E-state index < -0.39 is 0 Å². The third kappa shape index (κ3) is 3.93. The van der Waals surface area contributed by atoms with Crippen molar-refractivity contribution in [3.63, 3.8) is 0 Å². The standard InChI is InChI=1S/C19H21N7O2/c1-28-17-7-9-21-19(22-17)25-12-10-24(11-13-25)16-5-6-18(27)26(23-16)14-15-4-2-3-8-20-15/h2-9H,10-14H2,1H3. The van der Waals surface area contributed by atoms with Crippen molar-refractivity contribution in [1.29, 1.82) is 0 Å². The smallest absolute Gasteiger partial charge is 0.267 e. The molecule has 144 valence electrons. The Kier molecular flexibility index (Phi) is 5.14. The minimum absolute atomic E-state index is 0.141. The largest absolute Gasteiger partial charge is 0.481 e. The molecule has 28 heavy (non-hydrogen) atoms. The van der Waals surface area contributed by atoms with E-state index in [1.807, 2.05) is 18.2 Å². The summed E-state index contributed by atoms with van der Waals surface area (Å²) in [4.78, 5) is 29.4.